The van der Waals surface area contributed by atoms with Crippen molar-refractivity contribution in [1.82, 2.24) is 10.3 Å². The molecule has 0 amide bonds. The van der Waals surface area contributed by atoms with Crippen LogP contribution in [0.25, 0.3) is 0 Å². The molecular weight excluding hydrogens is 208 g/mol. The third kappa shape index (κ3) is 3.40. The maximum Gasteiger partial charge on any atom is 0.0294 e. The van der Waals surface area contributed by atoms with Crippen molar-refractivity contribution in [2.75, 3.05) is 0 Å². The van der Waals surface area contributed by atoms with Gasteiger partial charge in [0, 0.05) is 25.0 Å². The molecule has 1 N–H and O–H groups in total. The highest BCUT2D eigenvalue weighted by molar-refractivity contribution is 5.23. The molecule has 17 heavy (non-hydrogen) atoms. The second kappa shape index (κ2) is 5.60. The molecule has 1 atom stereocenters. The third-order valence-corrected chi connectivity index (χ3v) is 2.94. The average molecular weight is 226 g/mol. The van der Waals surface area contributed by atoms with Gasteiger partial charge in [-0.2, -0.15) is 0 Å². The van der Waals surface area contributed by atoms with E-state index in [-0.39, 0.29) is 0 Å². The number of hydrogen-bond acceptors (Lipinski definition) is 2. The molecule has 2 heteroatoms. The fourth-order valence-electron chi connectivity index (χ4n) is 1.74. The van der Waals surface area contributed by atoms with Gasteiger partial charge in [-0.1, -0.05) is 29.8 Å². The molecule has 1 aromatic heterocycles. The van der Waals surface area contributed by atoms with Gasteiger partial charge in [-0.3, -0.25) is 4.98 Å². The number of aryl methyl sites for hydroxylation is 1. The second-order valence-corrected chi connectivity index (χ2v) is 4.37. The van der Waals surface area contributed by atoms with Crippen LogP contribution in [0.15, 0.2) is 48.8 Å². The normalized spacial score (nSPS) is 12.4. The maximum absolute atomic E-state index is 4.01. The van der Waals surface area contributed by atoms with Crippen molar-refractivity contribution in [3.63, 3.8) is 0 Å². The maximum atomic E-state index is 4.01. The van der Waals surface area contributed by atoms with Gasteiger partial charge >= 0.3 is 0 Å². The molecule has 0 saturated heterocycles. The van der Waals surface area contributed by atoms with E-state index in [0.29, 0.717) is 6.04 Å². The smallest absolute Gasteiger partial charge is 0.0294 e. The second-order valence-electron chi connectivity index (χ2n) is 4.37. The summed E-state index contributed by atoms with van der Waals surface area (Å²) in [6.07, 6.45) is 3.65. The number of nitrogens with one attached hydrogen (secondary N) is 1. The Morgan fingerprint density at radius 2 is 1.71 bits per heavy atom. The lowest BCUT2D eigenvalue weighted by Crippen LogP contribution is -2.17. The number of hydrogen-bond donors (Lipinski definition) is 1. The third-order valence-electron chi connectivity index (χ3n) is 2.94. The number of pyridine rings is 1. The summed E-state index contributed by atoms with van der Waals surface area (Å²) < 4.78 is 0. The van der Waals surface area contributed by atoms with E-state index >= 15 is 0 Å². The van der Waals surface area contributed by atoms with Crippen LogP contribution in [0.3, 0.4) is 0 Å². The van der Waals surface area contributed by atoms with Gasteiger partial charge in [0.1, 0.15) is 0 Å². The van der Waals surface area contributed by atoms with E-state index in [1.165, 1.54) is 16.7 Å². The van der Waals surface area contributed by atoms with Crippen LogP contribution >= 0.6 is 0 Å². The number of nitrogens with zero attached hydrogens (tertiary/aromatic N) is 1. The average Bonchev–Trinajstić information content (AvgIpc) is 2.38. The zero-order valence-corrected chi connectivity index (χ0v) is 10.4. The number of aromatic nitrogens is 1. The number of rotatable bonds is 4. The molecule has 0 spiro atoms. The Morgan fingerprint density at radius 3 is 2.35 bits per heavy atom. The van der Waals surface area contributed by atoms with E-state index in [1.807, 2.05) is 24.5 Å². The molecule has 2 nitrogen and oxygen atoms in total. The molecule has 0 aliphatic rings. The molecule has 1 aromatic carbocycles. The van der Waals surface area contributed by atoms with Crippen molar-refractivity contribution in [2.45, 2.75) is 26.4 Å². The predicted octanol–water partition coefficient (Wildman–Crippen LogP) is 3.24. The zero-order valence-electron chi connectivity index (χ0n) is 10.4. The summed E-state index contributed by atoms with van der Waals surface area (Å²) in [5, 5.41) is 3.51. The van der Waals surface area contributed by atoms with Gasteiger partial charge in [0.15, 0.2) is 0 Å². The molecule has 1 heterocycles. The SMILES string of the molecule is Cc1ccc([C@H](C)NCc2ccncc2)cc1. The van der Waals surface area contributed by atoms with Crippen LogP contribution in [0.4, 0.5) is 0 Å². The van der Waals surface area contributed by atoms with E-state index in [2.05, 4.69) is 48.4 Å². The van der Waals surface area contributed by atoms with Crippen LogP contribution in [0, 0.1) is 6.92 Å². The monoisotopic (exact) mass is 226 g/mol. The van der Waals surface area contributed by atoms with Gasteiger partial charge in [-0.25, -0.2) is 0 Å². The largest absolute Gasteiger partial charge is 0.306 e. The summed E-state index contributed by atoms with van der Waals surface area (Å²) in [4.78, 5) is 4.01. The molecule has 2 aromatic rings. The van der Waals surface area contributed by atoms with Gasteiger partial charge in [0.05, 0.1) is 0 Å². The van der Waals surface area contributed by atoms with Crippen LogP contribution in [-0.2, 0) is 6.54 Å². The van der Waals surface area contributed by atoms with Gasteiger partial charge in [-0.15, -0.1) is 0 Å². The Balaban J connectivity index is 1.93. The molecule has 0 saturated carbocycles. The van der Waals surface area contributed by atoms with Crippen LogP contribution in [-0.4, -0.2) is 4.98 Å². The zero-order chi connectivity index (χ0) is 12.1. The molecule has 0 radical (unpaired) electrons. The van der Waals surface area contributed by atoms with Gasteiger partial charge in [0.25, 0.3) is 0 Å². The molecule has 2 rings (SSSR count). The van der Waals surface area contributed by atoms with Crippen LogP contribution < -0.4 is 5.32 Å². The van der Waals surface area contributed by atoms with Crippen molar-refractivity contribution in [3.05, 3.63) is 65.5 Å². The Morgan fingerprint density at radius 1 is 1.06 bits per heavy atom. The van der Waals surface area contributed by atoms with Crippen LogP contribution in [0.1, 0.15) is 29.7 Å². The van der Waals surface area contributed by atoms with E-state index in [0.717, 1.165) is 6.54 Å². The lowest BCUT2D eigenvalue weighted by molar-refractivity contribution is 0.574. The Bertz CT molecular complexity index is 448. The highest BCUT2D eigenvalue weighted by Crippen LogP contribution is 2.13. The Kier molecular flexibility index (Phi) is 3.89. The standard InChI is InChI=1S/C15H18N2/c1-12-3-5-15(6-4-12)13(2)17-11-14-7-9-16-10-8-14/h3-10,13,17H,11H2,1-2H3/t13-/m0/s1. The lowest BCUT2D eigenvalue weighted by Gasteiger charge is -2.14. The molecular formula is C15H18N2. The predicted molar refractivity (Wildman–Crippen MR) is 70.7 cm³/mol. The molecule has 0 aliphatic heterocycles. The first-order valence-corrected chi connectivity index (χ1v) is 5.94. The highest BCUT2D eigenvalue weighted by atomic mass is 14.9. The van der Waals surface area contributed by atoms with Crippen molar-refractivity contribution in [2.24, 2.45) is 0 Å². The van der Waals surface area contributed by atoms with Gasteiger partial charge in [0.2, 0.25) is 0 Å². The molecule has 0 fully saturated rings. The fraction of sp³-hybridized carbons (Fsp3) is 0.267. The van der Waals surface area contributed by atoms with E-state index < -0.39 is 0 Å². The summed E-state index contributed by atoms with van der Waals surface area (Å²) >= 11 is 0. The minimum atomic E-state index is 0.365. The summed E-state index contributed by atoms with van der Waals surface area (Å²) in [6, 6.07) is 13.1. The van der Waals surface area contributed by atoms with Crippen molar-refractivity contribution >= 4 is 0 Å². The van der Waals surface area contributed by atoms with Crippen molar-refractivity contribution in [1.29, 1.82) is 0 Å². The van der Waals surface area contributed by atoms with Gasteiger partial charge in [-0.05, 0) is 37.1 Å². The van der Waals surface area contributed by atoms with Gasteiger partial charge < -0.3 is 5.32 Å². The fourth-order valence-corrected chi connectivity index (χ4v) is 1.74. The summed E-state index contributed by atoms with van der Waals surface area (Å²) in [5.41, 5.74) is 3.89. The van der Waals surface area contributed by atoms with E-state index in [9.17, 15) is 0 Å². The summed E-state index contributed by atoms with van der Waals surface area (Å²) in [5.74, 6) is 0. The quantitative estimate of drug-likeness (QED) is 0.865. The van der Waals surface area contributed by atoms with Crippen LogP contribution in [0.2, 0.25) is 0 Å². The molecule has 88 valence electrons. The van der Waals surface area contributed by atoms with E-state index in [1.54, 1.807) is 0 Å². The van der Waals surface area contributed by atoms with E-state index in [4.69, 9.17) is 0 Å². The highest BCUT2D eigenvalue weighted by Gasteiger charge is 2.03. The Hall–Kier alpha value is -1.67. The first kappa shape index (κ1) is 11.8. The minimum Gasteiger partial charge on any atom is -0.306 e. The van der Waals surface area contributed by atoms with Crippen LogP contribution in [0.5, 0.6) is 0 Å². The minimum absolute atomic E-state index is 0.365. The first-order valence-electron chi connectivity index (χ1n) is 5.94. The molecule has 0 bridgehead atoms. The first-order chi connectivity index (χ1) is 8.25. The Labute approximate surface area is 103 Å². The topological polar surface area (TPSA) is 24.9 Å². The summed E-state index contributed by atoms with van der Waals surface area (Å²) in [7, 11) is 0. The molecule has 0 unspecified atom stereocenters. The summed E-state index contributed by atoms with van der Waals surface area (Å²) in [6.45, 7) is 5.17. The molecule has 0 aliphatic carbocycles. The van der Waals surface area contributed by atoms with Crippen molar-refractivity contribution in [3.8, 4) is 0 Å². The lowest BCUT2D eigenvalue weighted by atomic mass is 10.1. The van der Waals surface area contributed by atoms with Crippen molar-refractivity contribution < 1.29 is 0 Å². The number of benzene rings is 1.